The minimum absolute atomic E-state index is 0.115. The first kappa shape index (κ1) is 20.7. The van der Waals surface area contributed by atoms with Crippen LogP contribution in [0.5, 0.6) is 0 Å². The van der Waals surface area contributed by atoms with Gasteiger partial charge in [0.15, 0.2) is 11.6 Å². The highest BCUT2D eigenvalue weighted by molar-refractivity contribution is 5.60. The first-order chi connectivity index (χ1) is 15.1. The van der Waals surface area contributed by atoms with E-state index in [1.165, 1.54) is 51.6 Å². The van der Waals surface area contributed by atoms with E-state index in [4.69, 9.17) is 0 Å². The molecule has 1 saturated heterocycles. The van der Waals surface area contributed by atoms with E-state index in [2.05, 4.69) is 20.4 Å². The van der Waals surface area contributed by atoms with Crippen molar-refractivity contribution in [2.45, 2.75) is 63.5 Å². The second-order valence-corrected chi connectivity index (χ2v) is 9.49. The molecule has 0 amide bonds. The molecule has 5 rings (SSSR count). The number of rotatable bonds is 4. The number of nitrogens with one attached hydrogen (secondary N) is 1. The maximum Gasteiger partial charge on any atom is 0.168 e. The SMILES string of the molecule is Fc1cc(F)c(F)c(-c2ccc(N[C@@H]3C[C@@H]4CN(C5CCCCCC5)C[C@@H]4C3)nn2)c1. The van der Waals surface area contributed by atoms with Gasteiger partial charge in [-0.1, -0.05) is 25.7 Å². The van der Waals surface area contributed by atoms with E-state index >= 15 is 0 Å². The molecule has 1 N–H and O–H groups in total. The number of aromatic nitrogens is 2. The van der Waals surface area contributed by atoms with Gasteiger partial charge in [-0.3, -0.25) is 4.90 Å². The van der Waals surface area contributed by atoms with E-state index in [0.29, 0.717) is 17.9 Å². The number of likely N-dealkylation sites (tertiary alicyclic amines) is 1. The maximum atomic E-state index is 14.0. The third-order valence-electron chi connectivity index (χ3n) is 7.41. The smallest absolute Gasteiger partial charge is 0.168 e. The number of benzene rings is 1. The van der Waals surface area contributed by atoms with Crippen molar-refractivity contribution < 1.29 is 13.2 Å². The summed E-state index contributed by atoms with van der Waals surface area (Å²) >= 11 is 0. The molecule has 2 saturated carbocycles. The Morgan fingerprint density at radius 2 is 1.58 bits per heavy atom. The second-order valence-electron chi connectivity index (χ2n) is 9.49. The Balaban J connectivity index is 1.18. The summed E-state index contributed by atoms with van der Waals surface area (Å²) in [7, 11) is 0. The molecule has 2 aromatic rings. The van der Waals surface area contributed by atoms with Crippen LogP contribution in [0.15, 0.2) is 24.3 Å². The van der Waals surface area contributed by atoms with Gasteiger partial charge in [0.25, 0.3) is 0 Å². The molecule has 3 atom stereocenters. The zero-order valence-corrected chi connectivity index (χ0v) is 17.7. The average Bonchev–Trinajstić information content (AvgIpc) is 3.18. The lowest BCUT2D eigenvalue weighted by Gasteiger charge is -2.28. The van der Waals surface area contributed by atoms with Crippen molar-refractivity contribution >= 4 is 5.82 Å². The summed E-state index contributed by atoms with van der Waals surface area (Å²) in [6.45, 7) is 2.42. The molecule has 1 aromatic carbocycles. The van der Waals surface area contributed by atoms with E-state index in [0.717, 1.165) is 36.8 Å². The predicted octanol–water partition coefficient (Wildman–Crippen LogP) is 5.41. The zero-order chi connectivity index (χ0) is 21.4. The quantitative estimate of drug-likeness (QED) is 0.520. The molecule has 2 heterocycles. The van der Waals surface area contributed by atoms with Crippen molar-refractivity contribution in [3.63, 3.8) is 0 Å². The summed E-state index contributed by atoms with van der Waals surface area (Å²) in [5.41, 5.74) is -0.102. The van der Waals surface area contributed by atoms with Crippen molar-refractivity contribution in [1.29, 1.82) is 0 Å². The topological polar surface area (TPSA) is 41.0 Å². The van der Waals surface area contributed by atoms with E-state index < -0.39 is 17.5 Å². The Labute approximate surface area is 181 Å². The minimum Gasteiger partial charge on any atom is -0.366 e. The molecule has 31 heavy (non-hydrogen) atoms. The highest BCUT2D eigenvalue weighted by Gasteiger charge is 2.42. The van der Waals surface area contributed by atoms with Gasteiger partial charge in [0.2, 0.25) is 0 Å². The van der Waals surface area contributed by atoms with Crippen LogP contribution in [0.25, 0.3) is 11.3 Å². The zero-order valence-electron chi connectivity index (χ0n) is 17.7. The summed E-state index contributed by atoms with van der Waals surface area (Å²) in [4.78, 5) is 2.75. The van der Waals surface area contributed by atoms with Crippen LogP contribution in [0.2, 0.25) is 0 Å². The predicted molar refractivity (Wildman–Crippen MR) is 114 cm³/mol. The van der Waals surface area contributed by atoms with E-state index in [1.54, 1.807) is 12.1 Å². The van der Waals surface area contributed by atoms with Crippen LogP contribution in [0.1, 0.15) is 51.4 Å². The number of hydrogen-bond donors (Lipinski definition) is 1. The minimum atomic E-state index is -1.23. The number of anilines is 1. The standard InChI is InChI=1S/C24H29F3N4/c25-17-11-20(24(27)21(26)12-17)22-7-8-23(30-29-22)28-18-9-15-13-31(14-16(15)10-18)19-5-3-1-2-4-6-19/h7-8,11-12,15-16,18-19H,1-6,9-10,13-14H2,(H,28,30)/t15-,16+,18-. The number of hydrogen-bond acceptors (Lipinski definition) is 4. The van der Waals surface area contributed by atoms with Gasteiger partial charge in [0.05, 0.1) is 5.69 Å². The van der Waals surface area contributed by atoms with Gasteiger partial charge >= 0.3 is 0 Å². The maximum absolute atomic E-state index is 14.0. The fourth-order valence-corrected chi connectivity index (χ4v) is 5.88. The molecule has 4 nitrogen and oxygen atoms in total. The molecule has 2 aliphatic carbocycles. The van der Waals surface area contributed by atoms with Gasteiger partial charge in [-0.2, -0.15) is 0 Å². The number of fused-ring (bicyclic) bond motifs is 1. The fourth-order valence-electron chi connectivity index (χ4n) is 5.88. The van der Waals surface area contributed by atoms with Gasteiger partial charge in [-0.15, -0.1) is 10.2 Å². The average molecular weight is 431 g/mol. The Morgan fingerprint density at radius 1 is 0.871 bits per heavy atom. The molecule has 3 fully saturated rings. The van der Waals surface area contributed by atoms with E-state index in [-0.39, 0.29) is 11.3 Å². The second kappa shape index (κ2) is 8.77. The summed E-state index contributed by atoms with van der Waals surface area (Å²) < 4.78 is 40.9. The van der Waals surface area contributed by atoms with Crippen LogP contribution < -0.4 is 5.32 Å². The Bertz CT molecular complexity index is 898. The van der Waals surface area contributed by atoms with Crippen molar-refractivity contribution in [2.75, 3.05) is 18.4 Å². The van der Waals surface area contributed by atoms with Crippen LogP contribution in [0.3, 0.4) is 0 Å². The lowest BCUT2D eigenvalue weighted by molar-refractivity contribution is 0.204. The summed E-state index contributed by atoms with van der Waals surface area (Å²) in [6.07, 6.45) is 10.5. The highest BCUT2D eigenvalue weighted by Crippen LogP contribution is 2.41. The van der Waals surface area contributed by atoms with Crippen LogP contribution in [-0.4, -0.2) is 40.3 Å². The summed E-state index contributed by atoms with van der Waals surface area (Å²) in [5.74, 6) is -1.10. The monoisotopic (exact) mass is 430 g/mol. The molecule has 1 aliphatic heterocycles. The Kier molecular flexibility index (Phi) is 5.87. The third-order valence-corrected chi connectivity index (χ3v) is 7.41. The third kappa shape index (κ3) is 4.43. The molecule has 0 radical (unpaired) electrons. The van der Waals surface area contributed by atoms with Crippen molar-refractivity contribution in [3.8, 4) is 11.3 Å². The lowest BCUT2D eigenvalue weighted by atomic mass is 10.0. The fraction of sp³-hybridized carbons (Fsp3) is 0.583. The first-order valence-corrected chi connectivity index (χ1v) is 11.6. The number of halogens is 3. The summed E-state index contributed by atoms with van der Waals surface area (Å²) in [6, 6.07) is 5.86. The van der Waals surface area contributed by atoms with Gasteiger partial charge < -0.3 is 5.32 Å². The van der Waals surface area contributed by atoms with Gasteiger partial charge in [0, 0.05) is 36.8 Å². The molecular formula is C24H29F3N4. The van der Waals surface area contributed by atoms with Crippen LogP contribution >= 0.6 is 0 Å². The molecule has 7 heteroatoms. The first-order valence-electron chi connectivity index (χ1n) is 11.6. The van der Waals surface area contributed by atoms with Crippen molar-refractivity contribution in [1.82, 2.24) is 15.1 Å². The normalized spacial score (nSPS) is 27.3. The van der Waals surface area contributed by atoms with Crippen LogP contribution in [-0.2, 0) is 0 Å². The van der Waals surface area contributed by atoms with Gasteiger partial charge in [-0.05, 0) is 55.7 Å². The van der Waals surface area contributed by atoms with E-state index in [9.17, 15) is 13.2 Å². The molecule has 0 bridgehead atoms. The van der Waals surface area contributed by atoms with Crippen molar-refractivity contribution in [3.05, 3.63) is 41.7 Å². The molecule has 0 spiro atoms. The molecule has 166 valence electrons. The molecule has 3 aliphatic rings. The van der Waals surface area contributed by atoms with Gasteiger partial charge in [-0.25, -0.2) is 13.2 Å². The molecule has 1 aromatic heterocycles. The largest absolute Gasteiger partial charge is 0.366 e. The van der Waals surface area contributed by atoms with Gasteiger partial charge in [0.1, 0.15) is 11.6 Å². The number of nitrogens with zero attached hydrogens (tertiary/aromatic N) is 3. The van der Waals surface area contributed by atoms with Crippen LogP contribution in [0.4, 0.5) is 19.0 Å². The molecular weight excluding hydrogens is 401 g/mol. The van der Waals surface area contributed by atoms with E-state index in [1.807, 2.05) is 0 Å². The summed E-state index contributed by atoms with van der Waals surface area (Å²) in [5, 5.41) is 11.6. The van der Waals surface area contributed by atoms with Crippen molar-refractivity contribution in [2.24, 2.45) is 11.8 Å². The molecule has 0 unspecified atom stereocenters. The Hall–Kier alpha value is -2.15. The van der Waals surface area contributed by atoms with Crippen LogP contribution in [0, 0.1) is 29.3 Å². The Morgan fingerprint density at radius 3 is 2.23 bits per heavy atom. The lowest BCUT2D eigenvalue weighted by Crippen LogP contribution is -2.34. The highest BCUT2D eigenvalue weighted by atomic mass is 19.2.